The van der Waals surface area contributed by atoms with E-state index in [1.807, 2.05) is 18.2 Å². The van der Waals surface area contributed by atoms with Gasteiger partial charge < -0.3 is 0 Å². The fraction of sp³-hybridized carbons (Fsp3) is 0.200. The minimum absolute atomic E-state index is 1.02. The highest BCUT2D eigenvalue weighted by Crippen LogP contribution is 2.20. The molecule has 0 saturated carbocycles. The van der Waals surface area contributed by atoms with Crippen molar-refractivity contribution in [3.8, 4) is 0 Å². The van der Waals surface area contributed by atoms with Crippen molar-refractivity contribution in [1.29, 1.82) is 0 Å². The van der Waals surface area contributed by atoms with Crippen molar-refractivity contribution in [2.45, 2.75) is 6.92 Å². The highest BCUT2D eigenvalue weighted by molar-refractivity contribution is 7.17. The van der Waals surface area contributed by atoms with Gasteiger partial charge in [-0.1, -0.05) is 17.4 Å². The third kappa shape index (κ3) is 0.861. The summed E-state index contributed by atoms with van der Waals surface area (Å²) in [7, 11) is 2.06. The van der Waals surface area contributed by atoms with Crippen molar-refractivity contribution in [2.75, 3.05) is 0 Å². The van der Waals surface area contributed by atoms with Crippen molar-refractivity contribution < 1.29 is 4.57 Å². The second-order valence-electron chi connectivity index (χ2n) is 3.35. The van der Waals surface area contributed by atoms with E-state index in [1.54, 1.807) is 11.3 Å². The Morgan fingerprint density at radius 2 is 2.29 bits per heavy atom. The Hall–Kier alpha value is -1.42. The minimum atomic E-state index is 1.02. The molecule has 3 nitrogen and oxygen atoms in total. The highest BCUT2D eigenvalue weighted by Gasteiger charge is 2.19. The van der Waals surface area contributed by atoms with Crippen molar-refractivity contribution in [3.05, 3.63) is 29.4 Å². The molecule has 0 N–H and O–H groups in total. The number of aromatic nitrogens is 3. The lowest BCUT2D eigenvalue weighted by atomic mass is 10.5. The summed E-state index contributed by atoms with van der Waals surface area (Å²) in [6.45, 7) is 2.11. The summed E-state index contributed by atoms with van der Waals surface area (Å²) in [6.07, 6.45) is 2.06. The van der Waals surface area contributed by atoms with Crippen molar-refractivity contribution in [1.82, 2.24) is 9.38 Å². The van der Waals surface area contributed by atoms with E-state index in [-0.39, 0.29) is 0 Å². The van der Waals surface area contributed by atoms with Crippen LogP contribution in [0.4, 0.5) is 0 Å². The number of aryl methyl sites for hydroxylation is 2. The van der Waals surface area contributed by atoms with Gasteiger partial charge in [0.15, 0.2) is 5.01 Å². The molecule has 0 aliphatic carbocycles. The van der Waals surface area contributed by atoms with Gasteiger partial charge in [-0.2, -0.15) is 0 Å². The molecule has 3 aromatic rings. The zero-order valence-electron chi connectivity index (χ0n) is 8.06. The lowest BCUT2D eigenvalue weighted by molar-refractivity contribution is -0.648. The average Bonchev–Trinajstić information content (AvgIpc) is 2.67. The number of thiazole rings is 1. The monoisotopic (exact) mass is 204 g/mol. The lowest BCUT2D eigenvalue weighted by Gasteiger charge is -1.85. The fourth-order valence-electron chi connectivity index (χ4n) is 1.63. The molecular weight excluding hydrogens is 194 g/mol. The van der Waals surface area contributed by atoms with Gasteiger partial charge in [-0.3, -0.25) is 4.40 Å². The van der Waals surface area contributed by atoms with E-state index >= 15 is 0 Å². The van der Waals surface area contributed by atoms with Crippen LogP contribution >= 0.6 is 11.3 Å². The van der Waals surface area contributed by atoms with Crippen LogP contribution in [-0.2, 0) is 7.05 Å². The number of imidazole rings is 1. The van der Waals surface area contributed by atoms with Crippen LogP contribution in [0.2, 0.25) is 0 Å². The normalized spacial score (nSPS) is 11.6. The largest absolute Gasteiger partial charge is 0.361 e. The predicted molar refractivity (Wildman–Crippen MR) is 56.5 cm³/mol. The summed E-state index contributed by atoms with van der Waals surface area (Å²) >= 11 is 1.78. The topological polar surface area (TPSA) is 21.2 Å². The second-order valence-corrected chi connectivity index (χ2v) is 4.53. The molecule has 0 aliphatic heterocycles. The van der Waals surface area contributed by atoms with Gasteiger partial charge in [-0.05, 0) is 11.1 Å². The number of nitrogens with zero attached hydrogens (tertiary/aromatic N) is 3. The van der Waals surface area contributed by atoms with E-state index in [0.717, 1.165) is 11.3 Å². The molecule has 4 heteroatoms. The van der Waals surface area contributed by atoms with E-state index in [4.69, 9.17) is 0 Å². The van der Waals surface area contributed by atoms with Crippen LogP contribution in [0, 0.1) is 6.92 Å². The van der Waals surface area contributed by atoms with E-state index in [0.29, 0.717) is 0 Å². The summed E-state index contributed by atoms with van der Waals surface area (Å²) in [5.41, 5.74) is 2.09. The molecule has 0 unspecified atom stereocenters. The highest BCUT2D eigenvalue weighted by atomic mass is 32.1. The predicted octanol–water partition coefficient (Wildman–Crippen LogP) is 1.68. The van der Waals surface area contributed by atoms with Crippen molar-refractivity contribution in [3.63, 3.8) is 0 Å². The van der Waals surface area contributed by atoms with Crippen LogP contribution in [0.25, 0.3) is 16.1 Å². The molecule has 0 fully saturated rings. The Morgan fingerprint density at radius 3 is 3.14 bits per heavy atom. The van der Waals surface area contributed by atoms with Crippen molar-refractivity contribution in [2.24, 2.45) is 7.05 Å². The molecule has 0 radical (unpaired) electrons. The Morgan fingerprint density at radius 1 is 1.43 bits per heavy atom. The quantitative estimate of drug-likeness (QED) is 0.510. The molecular formula is C10H10N3S+. The summed E-state index contributed by atoms with van der Waals surface area (Å²) in [6, 6.07) is 6.07. The number of fused-ring (bicyclic) bond motifs is 3. The molecule has 0 spiro atoms. The first kappa shape index (κ1) is 7.94. The van der Waals surface area contributed by atoms with Gasteiger partial charge in [0, 0.05) is 19.2 Å². The molecule has 0 aromatic carbocycles. The van der Waals surface area contributed by atoms with Crippen LogP contribution in [0.1, 0.15) is 5.01 Å². The maximum absolute atomic E-state index is 4.57. The number of hydrogen-bond acceptors (Lipinski definition) is 2. The van der Waals surface area contributed by atoms with E-state index in [9.17, 15) is 0 Å². The van der Waals surface area contributed by atoms with Gasteiger partial charge in [-0.25, -0.2) is 4.57 Å². The van der Waals surface area contributed by atoms with Gasteiger partial charge in [0.1, 0.15) is 0 Å². The van der Waals surface area contributed by atoms with Crippen LogP contribution in [0.3, 0.4) is 0 Å². The SMILES string of the molecule is Cc1sc2c(nc3ccccn32)[n+]1C. The average molecular weight is 204 g/mol. The first-order valence-electron chi connectivity index (χ1n) is 4.49. The summed E-state index contributed by atoms with van der Waals surface area (Å²) in [4.78, 5) is 5.79. The molecule has 0 saturated heterocycles. The first-order chi connectivity index (χ1) is 6.77. The molecule has 0 aliphatic rings. The Labute approximate surface area is 85.3 Å². The van der Waals surface area contributed by atoms with Crippen LogP contribution in [0.5, 0.6) is 0 Å². The third-order valence-electron chi connectivity index (χ3n) is 2.50. The van der Waals surface area contributed by atoms with Crippen molar-refractivity contribution >= 4 is 27.5 Å². The lowest BCUT2D eigenvalue weighted by Crippen LogP contribution is -2.29. The van der Waals surface area contributed by atoms with Gasteiger partial charge in [-0.15, -0.1) is 0 Å². The zero-order valence-corrected chi connectivity index (χ0v) is 8.88. The molecule has 14 heavy (non-hydrogen) atoms. The molecule has 70 valence electrons. The fourth-order valence-corrected chi connectivity index (χ4v) is 2.66. The molecule has 3 heterocycles. The van der Waals surface area contributed by atoms with Gasteiger partial charge >= 0.3 is 5.65 Å². The Balaban J connectivity index is 2.60. The van der Waals surface area contributed by atoms with Crippen LogP contribution in [-0.4, -0.2) is 9.38 Å². The molecule has 0 amide bonds. The van der Waals surface area contributed by atoms with Crippen LogP contribution < -0.4 is 4.57 Å². The minimum Gasteiger partial charge on any atom is -0.265 e. The zero-order chi connectivity index (χ0) is 9.71. The maximum atomic E-state index is 4.57. The Kier molecular flexibility index (Phi) is 1.44. The molecule has 3 rings (SSSR count). The number of rotatable bonds is 0. The molecule has 3 aromatic heterocycles. The van der Waals surface area contributed by atoms with E-state index < -0.39 is 0 Å². The smallest absolute Gasteiger partial charge is 0.265 e. The van der Waals surface area contributed by atoms with Gasteiger partial charge in [0.2, 0.25) is 4.83 Å². The van der Waals surface area contributed by atoms with Crippen LogP contribution in [0.15, 0.2) is 24.4 Å². The number of hydrogen-bond donors (Lipinski definition) is 0. The first-order valence-corrected chi connectivity index (χ1v) is 5.31. The second kappa shape index (κ2) is 2.54. The third-order valence-corrected chi connectivity index (χ3v) is 3.65. The molecule has 0 bridgehead atoms. The van der Waals surface area contributed by atoms with Gasteiger partial charge in [0.25, 0.3) is 5.65 Å². The summed E-state index contributed by atoms with van der Waals surface area (Å²) in [5, 5.41) is 1.28. The summed E-state index contributed by atoms with van der Waals surface area (Å²) in [5.74, 6) is 0. The van der Waals surface area contributed by atoms with E-state index in [1.165, 1.54) is 9.84 Å². The standard InChI is InChI=1S/C10H10N3S/c1-7-12(2)9-10(14-7)13-6-4-3-5-8(13)11-9/h3-6H,1-2H3/q+1. The maximum Gasteiger partial charge on any atom is 0.361 e. The van der Waals surface area contributed by atoms with E-state index in [2.05, 4.69) is 34.1 Å². The molecule has 0 atom stereocenters. The number of pyridine rings is 1. The van der Waals surface area contributed by atoms with Gasteiger partial charge in [0.05, 0.1) is 7.05 Å². The Bertz CT molecular complexity index is 621. The summed E-state index contributed by atoms with van der Waals surface area (Å²) < 4.78 is 4.26.